The fourth-order valence-electron chi connectivity index (χ4n) is 1.92. The van der Waals surface area contributed by atoms with Crippen molar-refractivity contribution in [2.75, 3.05) is 0 Å². The van der Waals surface area contributed by atoms with Crippen LogP contribution in [0.1, 0.15) is 12.1 Å². The maximum atomic E-state index is 13.1. The van der Waals surface area contributed by atoms with Gasteiger partial charge in [-0.3, -0.25) is 0 Å². The lowest BCUT2D eigenvalue weighted by Gasteiger charge is -2.00. The van der Waals surface area contributed by atoms with Crippen LogP contribution in [-0.4, -0.2) is 15.2 Å². The highest BCUT2D eigenvalue weighted by molar-refractivity contribution is 5.85. The number of halogens is 4. The van der Waals surface area contributed by atoms with Crippen molar-refractivity contribution in [1.82, 2.24) is 15.2 Å². The SMILES string of the molecule is Fc1cc2cc(-c3cnnc(C(F)F)c3)[nH]c2cc1F. The first-order valence-corrected chi connectivity index (χ1v) is 5.63. The molecule has 7 heteroatoms. The molecule has 1 N–H and O–H groups in total. The van der Waals surface area contributed by atoms with Gasteiger partial charge in [-0.05, 0) is 18.2 Å². The van der Waals surface area contributed by atoms with Gasteiger partial charge in [0.2, 0.25) is 0 Å². The number of alkyl halides is 2. The van der Waals surface area contributed by atoms with E-state index < -0.39 is 23.8 Å². The zero-order valence-electron chi connectivity index (χ0n) is 9.87. The quantitative estimate of drug-likeness (QED) is 0.725. The van der Waals surface area contributed by atoms with Gasteiger partial charge in [-0.25, -0.2) is 17.6 Å². The van der Waals surface area contributed by atoms with E-state index in [9.17, 15) is 17.6 Å². The van der Waals surface area contributed by atoms with Crippen molar-refractivity contribution in [1.29, 1.82) is 0 Å². The molecule has 0 aliphatic heterocycles. The highest BCUT2D eigenvalue weighted by atomic mass is 19.3. The minimum atomic E-state index is -2.73. The number of nitrogens with one attached hydrogen (secondary N) is 1. The van der Waals surface area contributed by atoms with Crippen LogP contribution in [0.15, 0.2) is 30.5 Å². The summed E-state index contributed by atoms with van der Waals surface area (Å²) < 4.78 is 51.4. The van der Waals surface area contributed by atoms with Gasteiger partial charge in [0, 0.05) is 28.2 Å². The summed E-state index contributed by atoms with van der Waals surface area (Å²) in [6.45, 7) is 0. The molecule has 3 rings (SSSR count). The average Bonchev–Trinajstić information content (AvgIpc) is 2.82. The third-order valence-corrected chi connectivity index (χ3v) is 2.87. The highest BCUT2D eigenvalue weighted by Crippen LogP contribution is 2.27. The van der Waals surface area contributed by atoms with Gasteiger partial charge in [-0.15, -0.1) is 5.10 Å². The van der Waals surface area contributed by atoms with Crippen LogP contribution in [0.4, 0.5) is 17.6 Å². The Hall–Kier alpha value is -2.44. The zero-order chi connectivity index (χ0) is 14.3. The molecule has 0 amide bonds. The molecule has 2 aromatic heterocycles. The van der Waals surface area contributed by atoms with E-state index in [-0.39, 0.29) is 0 Å². The smallest absolute Gasteiger partial charge is 0.282 e. The molecule has 0 saturated heterocycles. The summed E-state index contributed by atoms with van der Waals surface area (Å²) in [5.41, 5.74) is 0.710. The Morgan fingerprint density at radius 3 is 2.50 bits per heavy atom. The predicted molar refractivity (Wildman–Crippen MR) is 64.2 cm³/mol. The Kier molecular flexibility index (Phi) is 2.89. The molecule has 2 heterocycles. The first-order chi connectivity index (χ1) is 9.54. The van der Waals surface area contributed by atoms with E-state index in [1.807, 2.05) is 0 Å². The first-order valence-electron chi connectivity index (χ1n) is 5.63. The van der Waals surface area contributed by atoms with Crippen molar-refractivity contribution in [2.24, 2.45) is 0 Å². The molecule has 0 saturated carbocycles. The Morgan fingerprint density at radius 2 is 1.75 bits per heavy atom. The number of H-pyrrole nitrogens is 1. The van der Waals surface area contributed by atoms with Crippen LogP contribution >= 0.6 is 0 Å². The fraction of sp³-hybridized carbons (Fsp3) is 0.0769. The molecule has 102 valence electrons. The Labute approximate surface area is 110 Å². The standard InChI is InChI=1S/C13H7F4N3/c14-8-1-6-2-10(19-11(6)4-9(8)15)7-3-12(13(16)17)20-18-5-7/h1-5,13,19H. The molecular formula is C13H7F4N3. The van der Waals surface area contributed by atoms with E-state index >= 15 is 0 Å². The second kappa shape index (κ2) is 4.59. The normalized spacial score (nSPS) is 11.4. The van der Waals surface area contributed by atoms with E-state index in [0.29, 0.717) is 22.2 Å². The molecule has 0 spiro atoms. The molecule has 20 heavy (non-hydrogen) atoms. The van der Waals surface area contributed by atoms with Crippen LogP contribution in [0, 0.1) is 11.6 Å². The van der Waals surface area contributed by atoms with Gasteiger partial charge in [0.05, 0.1) is 6.20 Å². The highest BCUT2D eigenvalue weighted by Gasteiger charge is 2.13. The molecule has 0 unspecified atom stereocenters. The number of aromatic amines is 1. The largest absolute Gasteiger partial charge is 0.354 e. The van der Waals surface area contributed by atoms with Gasteiger partial charge >= 0.3 is 0 Å². The number of nitrogens with zero attached hydrogens (tertiary/aromatic N) is 2. The van der Waals surface area contributed by atoms with Crippen LogP contribution < -0.4 is 0 Å². The molecule has 0 aliphatic rings. The third kappa shape index (κ3) is 2.11. The van der Waals surface area contributed by atoms with Gasteiger partial charge in [0.1, 0.15) is 5.69 Å². The predicted octanol–water partition coefficient (Wildman–Crippen LogP) is 3.84. The van der Waals surface area contributed by atoms with Crippen LogP contribution in [-0.2, 0) is 0 Å². The zero-order valence-corrected chi connectivity index (χ0v) is 9.87. The number of hydrogen-bond donors (Lipinski definition) is 1. The lowest BCUT2D eigenvalue weighted by molar-refractivity contribution is 0.145. The van der Waals surface area contributed by atoms with E-state index in [0.717, 1.165) is 12.1 Å². The average molecular weight is 281 g/mol. The van der Waals surface area contributed by atoms with Gasteiger partial charge < -0.3 is 4.98 Å². The first kappa shape index (κ1) is 12.6. The van der Waals surface area contributed by atoms with E-state index in [2.05, 4.69) is 15.2 Å². The van der Waals surface area contributed by atoms with Crippen LogP contribution in [0.5, 0.6) is 0 Å². The molecule has 0 atom stereocenters. The van der Waals surface area contributed by atoms with Gasteiger partial charge in [-0.1, -0.05) is 0 Å². The van der Waals surface area contributed by atoms with Crippen molar-refractivity contribution in [3.8, 4) is 11.3 Å². The molecule has 1 aromatic carbocycles. The van der Waals surface area contributed by atoms with Crippen molar-refractivity contribution in [2.45, 2.75) is 6.43 Å². The maximum Gasteiger partial charge on any atom is 0.282 e. The summed E-state index contributed by atoms with van der Waals surface area (Å²) in [5.74, 6) is -1.95. The second-order valence-electron chi connectivity index (χ2n) is 4.21. The second-order valence-corrected chi connectivity index (χ2v) is 4.21. The van der Waals surface area contributed by atoms with Gasteiger partial charge in [0.25, 0.3) is 6.43 Å². The van der Waals surface area contributed by atoms with Crippen molar-refractivity contribution >= 4 is 10.9 Å². The van der Waals surface area contributed by atoms with E-state index in [1.165, 1.54) is 18.3 Å². The molecule has 0 bridgehead atoms. The lowest BCUT2D eigenvalue weighted by atomic mass is 10.2. The number of aromatic nitrogens is 3. The Bertz CT molecular complexity index is 743. The lowest BCUT2D eigenvalue weighted by Crippen LogP contribution is -1.93. The van der Waals surface area contributed by atoms with Crippen LogP contribution in [0.3, 0.4) is 0 Å². The van der Waals surface area contributed by atoms with E-state index in [4.69, 9.17) is 0 Å². The minimum Gasteiger partial charge on any atom is -0.354 e. The monoisotopic (exact) mass is 281 g/mol. The Morgan fingerprint density at radius 1 is 1.00 bits per heavy atom. The number of rotatable bonds is 2. The summed E-state index contributed by atoms with van der Waals surface area (Å²) >= 11 is 0. The third-order valence-electron chi connectivity index (χ3n) is 2.87. The summed E-state index contributed by atoms with van der Waals surface area (Å²) in [6, 6.07) is 4.75. The molecule has 0 fully saturated rings. The molecule has 3 nitrogen and oxygen atoms in total. The van der Waals surface area contributed by atoms with Gasteiger partial charge in [0.15, 0.2) is 11.6 Å². The number of hydrogen-bond acceptors (Lipinski definition) is 2. The van der Waals surface area contributed by atoms with Crippen molar-refractivity contribution in [3.05, 3.63) is 47.8 Å². The number of benzene rings is 1. The van der Waals surface area contributed by atoms with Crippen LogP contribution in [0.2, 0.25) is 0 Å². The number of fused-ring (bicyclic) bond motifs is 1. The topological polar surface area (TPSA) is 41.6 Å². The van der Waals surface area contributed by atoms with Gasteiger partial charge in [-0.2, -0.15) is 5.10 Å². The molecular weight excluding hydrogens is 274 g/mol. The minimum absolute atomic E-state index is 0.368. The van der Waals surface area contributed by atoms with Crippen molar-refractivity contribution in [3.63, 3.8) is 0 Å². The summed E-state index contributed by atoms with van der Waals surface area (Å²) in [4.78, 5) is 2.83. The van der Waals surface area contributed by atoms with E-state index in [1.54, 1.807) is 0 Å². The summed E-state index contributed by atoms with van der Waals surface area (Å²) in [5, 5.41) is 7.24. The fourth-order valence-corrected chi connectivity index (χ4v) is 1.92. The molecule has 0 aliphatic carbocycles. The summed E-state index contributed by atoms with van der Waals surface area (Å²) in [7, 11) is 0. The molecule has 3 aromatic rings. The maximum absolute atomic E-state index is 13.1. The van der Waals surface area contributed by atoms with Crippen LogP contribution in [0.25, 0.3) is 22.2 Å². The molecule has 0 radical (unpaired) electrons. The van der Waals surface area contributed by atoms with Crippen molar-refractivity contribution < 1.29 is 17.6 Å². The Balaban J connectivity index is 2.12. The summed E-state index contributed by atoms with van der Waals surface area (Å²) in [6.07, 6.45) is -1.44.